The minimum absolute atomic E-state index is 0.0733. The molecule has 2 aliphatic heterocycles. The van der Waals surface area contributed by atoms with E-state index in [1.165, 1.54) is 5.56 Å². The van der Waals surface area contributed by atoms with E-state index in [4.69, 9.17) is 16.6 Å². The molecule has 3 aromatic rings. The van der Waals surface area contributed by atoms with Gasteiger partial charge in [0, 0.05) is 55.1 Å². The number of carbonyl (C=O) groups excluding carboxylic acids is 1. The maximum Gasteiger partial charge on any atom is 0.226 e. The number of aliphatic imine (C=N–C) groups is 1. The number of hydrogen-bond acceptors (Lipinski definition) is 4. The number of fused-ring (bicyclic) bond motifs is 1. The van der Waals surface area contributed by atoms with Crippen molar-refractivity contribution < 1.29 is 4.79 Å². The summed E-state index contributed by atoms with van der Waals surface area (Å²) in [6.07, 6.45) is 11.4. The van der Waals surface area contributed by atoms with Crippen molar-refractivity contribution in [1.29, 1.82) is 0 Å². The lowest BCUT2D eigenvalue weighted by Crippen LogP contribution is -2.44. The summed E-state index contributed by atoms with van der Waals surface area (Å²) in [5, 5.41) is 0.702. The zero-order valence-corrected chi connectivity index (χ0v) is 22.4. The minimum Gasteiger partial charge on any atom is -0.342 e. The molecule has 0 bridgehead atoms. The molecule has 3 heterocycles. The molecule has 1 saturated heterocycles. The number of amides is 1. The van der Waals surface area contributed by atoms with E-state index in [1.54, 1.807) is 0 Å². The second-order valence-corrected chi connectivity index (χ2v) is 10.7. The van der Waals surface area contributed by atoms with Crippen LogP contribution in [0.5, 0.6) is 0 Å². The third-order valence-corrected chi connectivity index (χ3v) is 7.87. The number of halogens is 1. The summed E-state index contributed by atoms with van der Waals surface area (Å²) in [4.78, 5) is 27.4. The molecule has 5 rings (SSSR count). The van der Waals surface area contributed by atoms with Crippen LogP contribution in [0.2, 0.25) is 5.02 Å². The van der Waals surface area contributed by atoms with Gasteiger partial charge in [0.15, 0.2) is 0 Å². The molecule has 0 spiro atoms. The van der Waals surface area contributed by atoms with E-state index in [1.807, 2.05) is 43.0 Å². The maximum atomic E-state index is 13.9. The van der Waals surface area contributed by atoms with E-state index in [9.17, 15) is 4.79 Å². The van der Waals surface area contributed by atoms with Crippen LogP contribution in [-0.4, -0.2) is 39.3 Å². The van der Waals surface area contributed by atoms with Crippen molar-refractivity contribution in [2.24, 2.45) is 16.8 Å². The first kappa shape index (κ1) is 25.5. The Bertz CT molecular complexity index is 1220. The monoisotopic (exact) mass is 517 g/mol. The first-order valence-corrected chi connectivity index (χ1v) is 13.9. The lowest BCUT2D eigenvalue weighted by Gasteiger charge is -2.36. The Morgan fingerprint density at radius 3 is 2.73 bits per heavy atom. The largest absolute Gasteiger partial charge is 0.342 e. The van der Waals surface area contributed by atoms with Gasteiger partial charge in [-0.05, 0) is 55.0 Å². The van der Waals surface area contributed by atoms with E-state index in [0.29, 0.717) is 17.4 Å². The SMILES string of the molecule is CCCCC(CC1=Nc2ccccc2CN1c1cccc(Cl)c1)C(=O)N1CCC(Cn2ccnc2)CC1. The van der Waals surface area contributed by atoms with Crippen LogP contribution in [0.15, 0.2) is 72.2 Å². The first-order valence-electron chi connectivity index (χ1n) is 13.5. The number of rotatable bonds is 9. The number of hydrogen-bond donors (Lipinski definition) is 0. The van der Waals surface area contributed by atoms with E-state index in [-0.39, 0.29) is 11.8 Å². The number of unbranched alkanes of at least 4 members (excludes halogenated alkanes) is 1. The highest BCUT2D eigenvalue weighted by molar-refractivity contribution is 6.31. The number of nitrogens with zero attached hydrogens (tertiary/aromatic N) is 5. The molecule has 1 aromatic heterocycles. The van der Waals surface area contributed by atoms with Crippen LogP contribution in [0.3, 0.4) is 0 Å². The molecule has 194 valence electrons. The number of anilines is 1. The van der Waals surface area contributed by atoms with Gasteiger partial charge >= 0.3 is 0 Å². The molecule has 7 heteroatoms. The fourth-order valence-electron chi connectivity index (χ4n) is 5.53. The van der Waals surface area contributed by atoms with E-state index < -0.39 is 0 Å². The number of imidazole rings is 1. The number of likely N-dealkylation sites (tertiary alicyclic amines) is 1. The number of aromatic nitrogens is 2. The van der Waals surface area contributed by atoms with Crippen molar-refractivity contribution >= 4 is 34.7 Å². The Labute approximate surface area is 225 Å². The molecule has 2 aromatic carbocycles. The minimum atomic E-state index is -0.0733. The average molecular weight is 518 g/mol. The Hall–Kier alpha value is -3.12. The number of carbonyl (C=O) groups is 1. The van der Waals surface area contributed by atoms with Gasteiger partial charge in [-0.1, -0.05) is 55.6 Å². The lowest BCUT2D eigenvalue weighted by molar-refractivity contribution is -0.137. The fourth-order valence-corrected chi connectivity index (χ4v) is 5.71. The second kappa shape index (κ2) is 12.0. The third-order valence-electron chi connectivity index (χ3n) is 7.64. The number of benzene rings is 2. The van der Waals surface area contributed by atoms with E-state index in [2.05, 4.69) is 50.5 Å². The average Bonchev–Trinajstić information content (AvgIpc) is 3.43. The van der Waals surface area contributed by atoms with Crippen LogP contribution in [0, 0.1) is 11.8 Å². The van der Waals surface area contributed by atoms with Gasteiger partial charge in [-0.15, -0.1) is 0 Å². The predicted molar refractivity (Wildman–Crippen MR) is 150 cm³/mol. The summed E-state index contributed by atoms with van der Waals surface area (Å²) in [6, 6.07) is 16.2. The van der Waals surface area contributed by atoms with Gasteiger partial charge in [-0.2, -0.15) is 0 Å². The quantitative estimate of drug-likeness (QED) is 0.316. The van der Waals surface area contributed by atoms with Gasteiger partial charge in [0.2, 0.25) is 5.91 Å². The van der Waals surface area contributed by atoms with Gasteiger partial charge in [-0.25, -0.2) is 9.98 Å². The highest BCUT2D eigenvalue weighted by atomic mass is 35.5. The molecule has 6 nitrogen and oxygen atoms in total. The summed E-state index contributed by atoms with van der Waals surface area (Å²) in [5.41, 5.74) is 3.20. The molecule has 1 atom stereocenters. The Morgan fingerprint density at radius 1 is 1.14 bits per heavy atom. The summed E-state index contributed by atoms with van der Waals surface area (Å²) in [6.45, 7) is 5.55. The molecular weight excluding hydrogens is 482 g/mol. The van der Waals surface area contributed by atoms with Gasteiger partial charge in [-0.3, -0.25) is 4.79 Å². The second-order valence-electron chi connectivity index (χ2n) is 10.3. The maximum absolute atomic E-state index is 13.9. The Kier molecular flexibility index (Phi) is 8.24. The summed E-state index contributed by atoms with van der Waals surface area (Å²) < 4.78 is 2.15. The van der Waals surface area contributed by atoms with Crippen LogP contribution < -0.4 is 4.90 Å². The Balaban J connectivity index is 1.33. The zero-order chi connectivity index (χ0) is 25.6. The van der Waals surface area contributed by atoms with Crippen LogP contribution in [0.4, 0.5) is 11.4 Å². The molecule has 1 unspecified atom stereocenters. The van der Waals surface area contributed by atoms with E-state index >= 15 is 0 Å². The van der Waals surface area contributed by atoms with Gasteiger partial charge in [0.05, 0.1) is 18.6 Å². The molecule has 0 radical (unpaired) electrons. The van der Waals surface area contributed by atoms with Crippen LogP contribution in [0.1, 0.15) is 51.0 Å². The predicted octanol–water partition coefficient (Wildman–Crippen LogP) is 6.72. The van der Waals surface area contributed by atoms with Gasteiger partial charge in [0.25, 0.3) is 0 Å². The standard InChI is InChI=1S/C30H36ClN5O/c1-2-3-7-24(30(37)35-15-12-23(13-16-35)20-34-17-14-32-22-34)18-29-33-28-11-5-4-8-25(28)21-36(29)27-10-6-9-26(31)19-27/h4-6,8-11,14,17,19,22-24H,2-3,7,12-13,15-16,18,20-21H2,1H3. The number of piperidine rings is 1. The van der Waals surface area contributed by atoms with Gasteiger partial charge < -0.3 is 14.4 Å². The highest BCUT2D eigenvalue weighted by Crippen LogP contribution is 2.33. The van der Waals surface area contributed by atoms with Crippen molar-refractivity contribution in [2.45, 2.75) is 58.5 Å². The molecule has 0 N–H and O–H groups in total. The fraction of sp³-hybridized carbons (Fsp3) is 0.433. The van der Waals surface area contributed by atoms with Crippen molar-refractivity contribution in [3.63, 3.8) is 0 Å². The summed E-state index contributed by atoms with van der Waals surface area (Å²) in [5.74, 6) is 1.74. The van der Waals surface area contributed by atoms with Crippen molar-refractivity contribution in [3.8, 4) is 0 Å². The smallest absolute Gasteiger partial charge is 0.226 e. The molecule has 0 saturated carbocycles. The normalized spacial score (nSPS) is 16.9. The van der Waals surface area contributed by atoms with Crippen LogP contribution >= 0.6 is 11.6 Å². The number of amidine groups is 1. The molecular formula is C30H36ClN5O. The molecule has 1 amide bonds. The van der Waals surface area contributed by atoms with Crippen molar-refractivity contribution in [1.82, 2.24) is 14.5 Å². The zero-order valence-electron chi connectivity index (χ0n) is 21.6. The first-order chi connectivity index (χ1) is 18.1. The summed E-state index contributed by atoms with van der Waals surface area (Å²) >= 11 is 6.36. The Morgan fingerprint density at radius 2 is 1.97 bits per heavy atom. The van der Waals surface area contributed by atoms with Crippen LogP contribution in [0.25, 0.3) is 0 Å². The third kappa shape index (κ3) is 6.24. The topological polar surface area (TPSA) is 53.7 Å². The molecule has 0 aliphatic carbocycles. The lowest BCUT2D eigenvalue weighted by atomic mass is 9.91. The highest BCUT2D eigenvalue weighted by Gasteiger charge is 2.31. The molecule has 37 heavy (non-hydrogen) atoms. The summed E-state index contributed by atoms with van der Waals surface area (Å²) in [7, 11) is 0. The molecule has 2 aliphatic rings. The molecule has 1 fully saturated rings. The number of para-hydroxylation sites is 1. The van der Waals surface area contributed by atoms with Gasteiger partial charge in [0.1, 0.15) is 5.84 Å². The van der Waals surface area contributed by atoms with E-state index in [0.717, 1.165) is 75.5 Å². The van der Waals surface area contributed by atoms with Crippen molar-refractivity contribution in [3.05, 3.63) is 77.8 Å². The van der Waals surface area contributed by atoms with Crippen LogP contribution in [-0.2, 0) is 17.9 Å². The van der Waals surface area contributed by atoms with Crippen molar-refractivity contribution in [2.75, 3.05) is 18.0 Å².